The van der Waals surface area contributed by atoms with Gasteiger partial charge in [-0.2, -0.15) is 0 Å². The first-order valence-corrected chi connectivity index (χ1v) is 4.92. The highest BCUT2D eigenvalue weighted by atomic mass is 127. The largest absolute Gasteiger partial charge is 0.326 e. The third kappa shape index (κ3) is 1.18. The predicted molar refractivity (Wildman–Crippen MR) is 55.1 cm³/mol. The highest BCUT2D eigenvalue weighted by molar-refractivity contribution is 14.1. The Balaban J connectivity index is 2.76. The highest BCUT2D eigenvalue weighted by Crippen LogP contribution is 2.26. The summed E-state index contributed by atoms with van der Waals surface area (Å²) in [6.45, 7) is 0. The number of nitrogens with zero attached hydrogens (tertiary/aromatic N) is 2. The SMILES string of the molecule is INc1csc2nccnc12. The Morgan fingerprint density at radius 2 is 2.18 bits per heavy atom. The molecule has 0 aliphatic carbocycles. The number of hydrogen-bond donors (Lipinski definition) is 1. The van der Waals surface area contributed by atoms with E-state index in [-0.39, 0.29) is 0 Å². The minimum Gasteiger partial charge on any atom is -0.326 e. The van der Waals surface area contributed by atoms with Gasteiger partial charge in [0, 0.05) is 17.8 Å². The lowest BCUT2D eigenvalue weighted by Gasteiger charge is -1.90. The van der Waals surface area contributed by atoms with E-state index >= 15 is 0 Å². The molecule has 0 aliphatic heterocycles. The van der Waals surface area contributed by atoms with Crippen LogP contribution in [-0.4, -0.2) is 9.97 Å². The predicted octanol–water partition coefficient (Wildman–Crippen LogP) is 2.45. The zero-order valence-electron chi connectivity index (χ0n) is 5.41. The number of anilines is 1. The van der Waals surface area contributed by atoms with Crippen molar-refractivity contribution < 1.29 is 0 Å². The second-order valence-electron chi connectivity index (χ2n) is 1.95. The van der Waals surface area contributed by atoms with E-state index < -0.39 is 0 Å². The first kappa shape index (κ1) is 7.23. The number of hydrogen-bond acceptors (Lipinski definition) is 4. The van der Waals surface area contributed by atoms with Crippen LogP contribution in [0.3, 0.4) is 0 Å². The summed E-state index contributed by atoms with van der Waals surface area (Å²) in [4.78, 5) is 9.33. The van der Waals surface area contributed by atoms with E-state index in [0.29, 0.717) is 0 Å². The van der Waals surface area contributed by atoms with Gasteiger partial charge in [-0.1, -0.05) is 0 Å². The Morgan fingerprint density at radius 1 is 1.36 bits per heavy atom. The summed E-state index contributed by atoms with van der Waals surface area (Å²) in [7, 11) is 0. The molecule has 0 bridgehead atoms. The third-order valence-electron chi connectivity index (χ3n) is 1.31. The van der Waals surface area contributed by atoms with E-state index in [1.165, 1.54) is 0 Å². The van der Waals surface area contributed by atoms with E-state index in [2.05, 4.69) is 36.4 Å². The third-order valence-corrected chi connectivity index (χ3v) is 2.77. The van der Waals surface area contributed by atoms with Gasteiger partial charge in [0.25, 0.3) is 0 Å². The molecule has 2 aromatic rings. The van der Waals surface area contributed by atoms with Crippen LogP contribution in [-0.2, 0) is 0 Å². The van der Waals surface area contributed by atoms with Crippen molar-refractivity contribution in [2.75, 3.05) is 3.53 Å². The molecule has 56 valence electrons. The van der Waals surface area contributed by atoms with Gasteiger partial charge in [-0.25, -0.2) is 9.97 Å². The van der Waals surface area contributed by atoms with Gasteiger partial charge in [0.2, 0.25) is 0 Å². The number of thiophene rings is 1. The van der Waals surface area contributed by atoms with Crippen molar-refractivity contribution in [3.05, 3.63) is 17.8 Å². The summed E-state index contributed by atoms with van der Waals surface area (Å²) in [6.07, 6.45) is 3.41. The highest BCUT2D eigenvalue weighted by Gasteiger charge is 2.02. The van der Waals surface area contributed by atoms with Crippen LogP contribution in [0.1, 0.15) is 0 Å². The van der Waals surface area contributed by atoms with Gasteiger partial charge < -0.3 is 3.53 Å². The van der Waals surface area contributed by atoms with Crippen LogP contribution in [0.25, 0.3) is 10.3 Å². The van der Waals surface area contributed by atoms with E-state index in [9.17, 15) is 0 Å². The molecule has 5 heteroatoms. The number of aromatic nitrogens is 2. The molecule has 0 unspecified atom stereocenters. The summed E-state index contributed by atoms with van der Waals surface area (Å²) >= 11 is 3.68. The van der Waals surface area contributed by atoms with E-state index in [4.69, 9.17) is 0 Å². The van der Waals surface area contributed by atoms with Crippen molar-refractivity contribution in [2.24, 2.45) is 0 Å². The zero-order chi connectivity index (χ0) is 7.68. The van der Waals surface area contributed by atoms with Gasteiger partial charge in [-0.3, -0.25) is 0 Å². The molecule has 2 rings (SSSR count). The monoisotopic (exact) mass is 277 g/mol. The van der Waals surface area contributed by atoms with Crippen molar-refractivity contribution in [2.45, 2.75) is 0 Å². The molecule has 2 aromatic heterocycles. The number of rotatable bonds is 1. The van der Waals surface area contributed by atoms with Gasteiger partial charge in [-0.05, 0) is 0 Å². The molecule has 0 spiro atoms. The fourth-order valence-electron chi connectivity index (χ4n) is 0.834. The topological polar surface area (TPSA) is 37.8 Å². The molecule has 2 heterocycles. The Morgan fingerprint density at radius 3 is 3.00 bits per heavy atom. The van der Waals surface area contributed by atoms with E-state index in [1.807, 2.05) is 5.38 Å². The Kier molecular flexibility index (Phi) is 1.91. The normalized spacial score (nSPS) is 10.3. The van der Waals surface area contributed by atoms with E-state index in [0.717, 1.165) is 16.0 Å². The van der Waals surface area contributed by atoms with Gasteiger partial charge in [0.1, 0.15) is 10.3 Å². The molecule has 0 radical (unpaired) electrons. The van der Waals surface area contributed by atoms with Crippen molar-refractivity contribution >= 4 is 50.2 Å². The number of halogens is 1. The maximum absolute atomic E-state index is 4.19. The van der Waals surface area contributed by atoms with Gasteiger partial charge in [-0.15, -0.1) is 11.3 Å². The van der Waals surface area contributed by atoms with Crippen molar-refractivity contribution in [1.82, 2.24) is 9.97 Å². The summed E-state index contributed by atoms with van der Waals surface area (Å²) < 4.78 is 3.03. The summed E-state index contributed by atoms with van der Waals surface area (Å²) in [6, 6.07) is 0. The summed E-state index contributed by atoms with van der Waals surface area (Å²) in [5.74, 6) is 0. The molecular formula is C6H4IN3S. The molecule has 0 amide bonds. The average Bonchev–Trinajstić information content (AvgIpc) is 2.47. The Hall–Kier alpha value is -0.430. The number of fused-ring (bicyclic) bond motifs is 1. The lowest BCUT2D eigenvalue weighted by atomic mass is 10.5. The molecule has 1 N–H and O–H groups in total. The fraction of sp³-hybridized carbons (Fsp3) is 0. The first-order chi connectivity index (χ1) is 5.42. The van der Waals surface area contributed by atoms with Crippen LogP contribution in [0.4, 0.5) is 5.69 Å². The van der Waals surface area contributed by atoms with Crippen LogP contribution in [0, 0.1) is 0 Å². The maximum Gasteiger partial charge on any atom is 0.144 e. The molecule has 11 heavy (non-hydrogen) atoms. The average molecular weight is 277 g/mol. The van der Waals surface area contributed by atoms with Crippen LogP contribution < -0.4 is 3.53 Å². The Bertz CT molecular complexity index is 373. The second kappa shape index (κ2) is 2.90. The Labute approximate surface area is 81.4 Å². The molecule has 0 fully saturated rings. The summed E-state index contributed by atoms with van der Waals surface area (Å²) in [5.41, 5.74) is 1.99. The van der Waals surface area contributed by atoms with Crippen LogP contribution in [0.2, 0.25) is 0 Å². The molecule has 0 saturated heterocycles. The maximum atomic E-state index is 4.19. The molecule has 0 atom stereocenters. The fourth-order valence-corrected chi connectivity index (χ4v) is 2.25. The minimum absolute atomic E-state index is 0.951. The number of nitrogens with one attached hydrogen (secondary N) is 1. The molecule has 0 aromatic carbocycles. The molecule has 0 saturated carbocycles. The van der Waals surface area contributed by atoms with Crippen LogP contribution >= 0.6 is 34.2 Å². The van der Waals surface area contributed by atoms with Crippen LogP contribution in [0.15, 0.2) is 17.8 Å². The van der Waals surface area contributed by atoms with Gasteiger partial charge in [0.05, 0.1) is 28.6 Å². The molecular weight excluding hydrogens is 273 g/mol. The van der Waals surface area contributed by atoms with Crippen molar-refractivity contribution in [1.29, 1.82) is 0 Å². The van der Waals surface area contributed by atoms with E-state index in [1.54, 1.807) is 23.7 Å². The molecule has 0 aliphatic rings. The summed E-state index contributed by atoms with van der Waals surface area (Å²) in [5, 5.41) is 2.01. The van der Waals surface area contributed by atoms with Crippen molar-refractivity contribution in [3.63, 3.8) is 0 Å². The minimum atomic E-state index is 0.951. The van der Waals surface area contributed by atoms with Crippen LogP contribution in [0.5, 0.6) is 0 Å². The van der Waals surface area contributed by atoms with Gasteiger partial charge in [0.15, 0.2) is 0 Å². The zero-order valence-corrected chi connectivity index (χ0v) is 8.39. The molecule has 3 nitrogen and oxygen atoms in total. The van der Waals surface area contributed by atoms with Crippen molar-refractivity contribution in [3.8, 4) is 0 Å². The standard InChI is InChI=1S/C6H4IN3S/c7-10-4-3-11-6-5(4)8-1-2-9-6/h1-3,10H. The lowest BCUT2D eigenvalue weighted by molar-refractivity contribution is 1.32. The second-order valence-corrected chi connectivity index (χ2v) is 3.35. The smallest absolute Gasteiger partial charge is 0.144 e. The first-order valence-electron chi connectivity index (χ1n) is 2.96. The van der Waals surface area contributed by atoms with Gasteiger partial charge >= 0.3 is 0 Å². The lowest BCUT2D eigenvalue weighted by Crippen LogP contribution is -1.79. The quantitative estimate of drug-likeness (QED) is 0.642.